The Kier molecular flexibility index (Phi) is 4.25. The summed E-state index contributed by atoms with van der Waals surface area (Å²) < 4.78 is 3.14. The highest BCUT2D eigenvalue weighted by molar-refractivity contribution is 9.11. The van der Waals surface area contributed by atoms with Crippen molar-refractivity contribution in [3.63, 3.8) is 0 Å². The van der Waals surface area contributed by atoms with E-state index in [9.17, 15) is 0 Å². The Balaban J connectivity index is 2.28. The minimum atomic E-state index is 0.323. The first-order chi connectivity index (χ1) is 8.52. The number of nitrogens with one attached hydrogen (secondary N) is 1. The number of rotatable bonds is 4. The Morgan fingerprint density at radius 3 is 2.61 bits per heavy atom. The van der Waals surface area contributed by atoms with Gasteiger partial charge >= 0.3 is 0 Å². The Bertz CT molecular complexity index is 544. The smallest absolute Gasteiger partial charge is 0.0701 e. The lowest BCUT2D eigenvalue weighted by Gasteiger charge is -2.16. The van der Waals surface area contributed by atoms with Crippen LogP contribution in [-0.2, 0) is 13.5 Å². The number of hydrogen-bond acceptors (Lipinski definition) is 3. The van der Waals surface area contributed by atoms with Crippen LogP contribution in [0.3, 0.4) is 0 Å². The SMILES string of the molecule is CNC(Cc1ccc(Br)s1)c1c(C)nn(C)c1C. The highest BCUT2D eigenvalue weighted by Crippen LogP contribution is 2.29. The van der Waals surface area contributed by atoms with E-state index in [1.54, 1.807) is 11.3 Å². The van der Waals surface area contributed by atoms with Crippen LogP contribution >= 0.6 is 27.3 Å². The van der Waals surface area contributed by atoms with Crippen molar-refractivity contribution < 1.29 is 0 Å². The molecule has 1 atom stereocenters. The number of aromatic nitrogens is 2. The Hall–Kier alpha value is -0.650. The van der Waals surface area contributed by atoms with E-state index < -0.39 is 0 Å². The van der Waals surface area contributed by atoms with E-state index in [0.29, 0.717) is 6.04 Å². The molecule has 3 nitrogen and oxygen atoms in total. The first-order valence-electron chi connectivity index (χ1n) is 5.94. The molecule has 0 bridgehead atoms. The van der Waals surface area contributed by atoms with Crippen molar-refractivity contribution in [3.8, 4) is 0 Å². The third kappa shape index (κ3) is 2.68. The van der Waals surface area contributed by atoms with Gasteiger partial charge in [-0.05, 0) is 49.0 Å². The maximum absolute atomic E-state index is 4.50. The average Bonchev–Trinajstić information content (AvgIpc) is 2.82. The standard InChI is InChI=1S/C13H18BrN3S/c1-8-13(9(2)17(4)16-8)11(15-3)7-10-5-6-12(14)18-10/h5-6,11,15H,7H2,1-4H3. The second-order valence-corrected chi connectivity index (χ2v) is 7.01. The van der Waals surface area contributed by atoms with E-state index in [-0.39, 0.29) is 0 Å². The molecule has 0 aliphatic rings. The van der Waals surface area contributed by atoms with Crippen molar-refractivity contribution in [2.75, 3.05) is 7.05 Å². The van der Waals surface area contributed by atoms with Crippen LogP contribution in [-0.4, -0.2) is 16.8 Å². The second-order valence-electron chi connectivity index (χ2n) is 4.46. The molecule has 0 saturated carbocycles. The van der Waals surface area contributed by atoms with Crippen molar-refractivity contribution in [3.05, 3.63) is 37.7 Å². The summed E-state index contributed by atoms with van der Waals surface area (Å²) in [6.45, 7) is 4.21. The summed E-state index contributed by atoms with van der Waals surface area (Å²) in [5.74, 6) is 0. The quantitative estimate of drug-likeness (QED) is 0.933. The molecule has 1 unspecified atom stereocenters. The highest BCUT2D eigenvalue weighted by atomic mass is 79.9. The van der Waals surface area contributed by atoms with Crippen LogP contribution in [0.2, 0.25) is 0 Å². The normalized spacial score (nSPS) is 12.9. The van der Waals surface area contributed by atoms with Gasteiger partial charge in [-0.1, -0.05) is 0 Å². The lowest BCUT2D eigenvalue weighted by Crippen LogP contribution is -2.19. The molecular formula is C13H18BrN3S. The molecular weight excluding hydrogens is 310 g/mol. The number of halogens is 1. The van der Waals surface area contributed by atoms with Crippen molar-refractivity contribution >= 4 is 27.3 Å². The molecule has 0 amide bonds. The Labute approximate surface area is 120 Å². The van der Waals surface area contributed by atoms with Crippen LogP contribution < -0.4 is 5.32 Å². The van der Waals surface area contributed by atoms with E-state index in [2.05, 4.69) is 52.3 Å². The maximum Gasteiger partial charge on any atom is 0.0701 e. The van der Waals surface area contributed by atoms with E-state index in [1.807, 2.05) is 18.8 Å². The summed E-state index contributed by atoms with van der Waals surface area (Å²) in [4.78, 5) is 1.38. The molecule has 5 heteroatoms. The van der Waals surface area contributed by atoms with Gasteiger partial charge in [-0.2, -0.15) is 5.10 Å². The van der Waals surface area contributed by atoms with Gasteiger partial charge in [-0.25, -0.2) is 0 Å². The first-order valence-corrected chi connectivity index (χ1v) is 7.55. The fourth-order valence-electron chi connectivity index (χ4n) is 2.31. The van der Waals surface area contributed by atoms with Crippen molar-refractivity contribution in [2.45, 2.75) is 26.3 Å². The Morgan fingerprint density at radius 2 is 2.17 bits per heavy atom. The second kappa shape index (κ2) is 5.55. The summed E-state index contributed by atoms with van der Waals surface area (Å²) in [6, 6.07) is 4.61. The van der Waals surface area contributed by atoms with Crippen LogP contribution in [0.4, 0.5) is 0 Å². The van der Waals surface area contributed by atoms with Crippen LogP contribution in [0, 0.1) is 13.8 Å². The molecule has 0 spiro atoms. The number of aryl methyl sites for hydroxylation is 2. The van der Waals surface area contributed by atoms with Gasteiger partial charge in [0.25, 0.3) is 0 Å². The molecule has 1 N–H and O–H groups in total. The van der Waals surface area contributed by atoms with Crippen LogP contribution in [0.25, 0.3) is 0 Å². The molecule has 2 aromatic rings. The van der Waals surface area contributed by atoms with Crippen molar-refractivity contribution in [2.24, 2.45) is 7.05 Å². The van der Waals surface area contributed by atoms with Gasteiger partial charge in [0.1, 0.15) is 0 Å². The van der Waals surface area contributed by atoms with Gasteiger partial charge in [0.15, 0.2) is 0 Å². The molecule has 0 saturated heterocycles. The Morgan fingerprint density at radius 1 is 1.44 bits per heavy atom. The predicted octanol–water partition coefficient (Wildman–Crippen LogP) is 3.36. The lowest BCUT2D eigenvalue weighted by atomic mass is 10.0. The third-order valence-electron chi connectivity index (χ3n) is 3.30. The van der Waals surface area contributed by atoms with Gasteiger partial charge < -0.3 is 5.32 Å². The largest absolute Gasteiger partial charge is 0.313 e. The lowest BCUT2D eigenvalue weighted by molar-refractivity contribution is 0.588. The van der Waals surface area contributed by atoms with E-state index in [4.69, 9.17) is 0 Å². The fraction of sp³-hybridized carbons (Fsp3) is 0.462. The van der Waals surface area contributed by atoms with Crippen LogP contribution in [0.1, 0.15) is 27.9 Å². The van der Waals surface area contributed by atoms with Gasteiger partial charge in [0.05, 0.1) is 9.48 Å². The van der Waals surface area contributed by atoms with Gasteiger partial charge in [-0.3, -0.25) is 4.68 Å². The number of thiophene rings is 1. The fourth-order valence-corrected chi connectivity index (χ4v) is 3.83. The third-order valence-corrected chi connectivity index (χ3v) is 4.94. The molecule has 2 rings (SSSR count). The molecule has 0 fully saturated rings. The van der Waals surface area contributed by atoms with Crippen molar-refractivity contribution in [1.29, 1.82) is 0 Å². The summed E-state index contributed by atoms with van der Waals surface area (Å²) in [7, 11) is 4.01. The van der Waals surface area contributed by atoms with E-state index in [0.717, 1.165) is 12.1 Å². The van der Waals surface area contributed by atoms with E-state index >= 15 is 0 Å². The first kappa shape index (κ1) is 13.8. The molecule has 0 aliphatic heterocycles. The van der Waals surface area contributed by atoms with Gasteiger partial charge in [0, 0.05) is 35.6 Å². The van der Waals surface area contributed by atoms with E-state index in [1.165, 1.54) is 19.9 Å². The van der Waals surface area contributed by atoms with Gasteiger partial charge in [-0.15, -0.1) is 11.3 Å². The van der Waals surface area contributed by atoms with Crippen LogP contribution in [0.15, 0.2) is 15.9 Å². The molecule has 2 aromatic heterocycles. The zero-order chi connectivity index (χ0) is 13.3. The monoisotopic (exact) mass is 327 g/mol. The van der Waals surface area contributed by atoms with Gasteiger partial charge in [0.2, 0.25) is 0 Å². The molecule has 98 valence electrons. The minimum Gasteiger partial charge on any atom is -0.313 e. The zero-order valence-corrected chi connectivity index (χ0v) is 13.5. The molecule has 0 aromatic carbocycles. The topological polar surface area (TPSA) is 29.9 Å². The summed E-state index contributed by atoms with van der Waals surface area (Å²) in [5.41, 5.74) is 3.68. The minimum absolute atomic E-state index is 0.323. The van der Waals surface area contributed by atoms with Crippen LogP contribution in [0.5, 0.6) is 0 Å². The zero-order valence-electron chi connectivity index (χ0n) is 11.1. The molecule has 18 heavy (non-hydrogen) atoms. The predicted molar refractivity (Wildman–Crippen MR) is 80.2 cm³/mol. The molecule has 0 aliphatic carbocycles. The number of nitrogens with zero attached hydrogens (tertiary/aromatic N) is 2. The van der Waals surface area contributed by atoms with Crippen molar-refractivity contribution in [1.82, 2.24) is 15.1 Å². The maximum atomic E-state index is 4.50. The summed E-state index contributed by atoms with van der Waals surface area (Å²) in [6.07, 6.45) is 1.00. The highest BCUT2D eigenvalue weighted by Gasteiger charge is 2.19. The molecule has 2 heterocycles. The summed E-state index contributed by atoms with van der Waals surface area (Å²) in [5, 5.41) is 7.91. The number of hydrogen-bond donors (Lipinski definition) is 1. The average molecular weight is 328 g/mol. The summed E-state index contributed by atoms with van der Waals surface area (Å²) >= 11 is 5.31. The molecule has 0 radical (unpaired) electrons. The number of likely N-dealkylation sites (N-methyl/N-ethyl adjacent to an activating group) is 1.